The summed E-state index contributed by atoms with van der Waals surface area (Å²) in [6.45, 7) is 4.16. The van der Waals surface area contributed by atoms with Crippen molar-refractivity contribution in [2.75, 3.05) is 43.3 Å². The monoisotopic (exact) mass is 339 g/mol. The van der Waals surface area contributed by atoms with Gasteiger partial charge >= 0.3 is 0 Å². The molecule has 1 heterocycles. The van der Waals surface area contributed by atoms with Crippen molar-refractivity contribution in [3.8, 4) is 0 Å². The number of anilines is 1. The van der Waals surface area contributed by atoms with E-state index in [0.29, 0.717) is 44.0 Å². The molecule has 2 rings (SSSR count). The van der Waals surface area contributed by atoms with E-state index in [9.17, 15) is 18.0 Å². The summed E-state index contributed by atoms with van der Waals surface area (Å²) in [5.74, 6) is -0.107. The number of nitrogens with zero attached hydrogens (tertiary/aromatic N) is 3. The van der Waals surface area contributed by atoms with Gasteiger partial charge in [0.25, 0.3) is 5.91 Å². The second-order valence-corrected chi connectivity index (χ2v) is 7.32. The van der Waals surface area contributed by atoms with Gasteiger partial charge in [-0.15, -0.1) is 0 Å². The van der Waals surface area contributed by atoms with E-state index in [1.54, 1.807) is 41.0 Å². The molecule has 7 nitrogen and oxygen atoms in total. The molecule has 0 bridgehead atoms. The highest BCUT2D eigenvalue weighted by Crippen LogP contribution is 2.19. The van der Waals surface area contributed by atoms with Crippen LogP contribution in [0.5, 0.6) is 0 Å². The molecule has 8 heteroatoms. The maximum Gasteiger partial charge on any atom is 0.253 e. The summed E-state index contributed by atoms with van der Waals surface area (Å²) >= 11 is 0. The van der Waals surface area contributed by atoms with Crippen LogP contribution >= 0.6 is 0 Å². The fourth-order valence-electron chi connectivity index (χ4n) is 2.59. The zero-order chi connectivity index (χ0) is 17.0. The first-order valence-corrected chi connectivity index (χ1v) is 9.28. The molecule has 1 aromatic rings. The second-order valence-electron chi connectivity index (χ2n) is 5.41. The summed E-state index contributed by atoms with van der Waals surface area (Å²) < 4.78 is 24.7. The predicted octanol–water partition coefficient (Wildman–Crippen LogP) is 0.387. The van der Waals surface area contributed by atoms with Crippen LogP contribution < -0.4 is 4.31 Å². The molecule has 0 unspecified atom stereocenters. The highest BCUT2D eigenvalue weighted by Gasteiger charge is 2.22. The van der Waals surface area contributed by atoms with Crippen LogP contribution in [-0.2, 0) is 14.8 Å². The van der Waals surface area contributed by atoms with Crippen LogP contribution in [0.3, 0.4) is 0 Å². The first-order valence-electron chi connectivity index (χ1n) is 7.43. The molecular formula is C15H21N3O4S. The number of carbonyl (C=O) groups excluding carboxylic acids is 2. The van der Waals surface area contributed by atoms with Crippen molar-refractivity contribution in [1.29, 1.82) is 0 Å². The zero-order valence-corrected chi connectivity index (χ0v) is 14.1. The van der Waals surface area contributed by atoms with Gasteiger partial charge in [0.2, 0.25) is 16.4 Å². The van der Waals surface area contributed by atoms with E-state index in [2.05, 4.69) is 0 Å². The Hall–Kier alpha value is -2.09. The Morgan fingerprint density at radius 1 is 1.17 bits per heavy atom. The molecule has 0 aliphatic carbocycles. The summed E-state index contributed by atoms with van der Waals surface area (Å²) in [4.78, 5) is 26.5. The lowest BCUT2D eigenvalue weighted by Crippen LogP contribution is -2.48. The molecule has 0 atom stereocenters. The Bertz CT molecular complexity index is 664. The van der Waals surface area contributed by atoms with Crippen molar-refractivity contribution >= 4 is 28.0 Å². The smallest absolute Gasteiger partial charge is 0.253 e. The maximum absolute atomic E-state index is 12.4. The number of hydrogen-bond donors (Lipinski definition) is 0. The average molecular weight is 339 g/mol. The number of sulfonamides is 1. The molecule has 0 N–H and O–H groups in total. The van der Waals surface area contributed by atoms with E-state index in [0.717, 1.165) is 12.7 Å². The van der Waals surface area contributed by atoms with Crippen LogP contribution in [0, 0.1) is 0 Å². The van der Waals surface area contributed by atoms with Gasteiger partial charge in [-0.1, -0.05) is 0 Å². The molecule has 0 radical (unpaired) electrons. The van der Waals surface area contributed by atoms with Crippen molar-refractivity contribution in [3.63, 3.8) is 0 Å². The van der Waals surface area contributed by atoms with Gasteiger partial charge in [-0.25, -0.2) is 8.42 Å². The van der Waals surface area contributed by atoms with Crippen molar-refractivity contribution < 1.29 is 18.0 Å². The molecular weight excluding hydrogens is 318 g/mol. The van der Waals surface area contributed by atoms with Crippen LogP contribution in [-0.4, -0.2) is 69.5 Å². The number of rotatable bonds is 5. The first kappa shape index (κ1) is 17.3. The number of carbonyl (C=O) groups is 2. The lowest BCUT2D eigenvalue weighted by Gasteiger charge is -2.32. The molecule has 0 aromatic heterocycles. The third kappa shape index (κ3) is 4.01. The summed E-state index contributed by atoms with van der Waals surface area (Å²) in [5, 5.41) is 0. The minimum absolute atomic E-state index is 0.107. The van der Waals surface area contributed by atoms with Gasteiger partial charge in [-0.3, -0.25) is 13.9 Å². The van der Waals surface area contributed by atoms with Crippen molar-refractivity contribution in [1.82, 2.24) is 9.80 Å². The van der Waals surface area contributed by atoms with Gasteiger partial charge < -0.3 is 9.80 Å². The summed E-state index contributed by atoms with van der Waals surface area (Å²) in [6, 6.07) is 6.55. The minimum Gasteiger partial charge on any atom is -0.342 e. The molecule has 1 fully saturated rings. The van der Waals surface area contributed by atoms with Crippen LogP contribution in [0.25, 0.3) is 0 Å². The summed E-state index contributed by atoms with van der Waals surface area (Å²) in [6.07, 6.45) is 1.95. The quantitative estimate of drug-likeness (QED) is 0.727. The SMILES string of the molecule is CCN(c1ccc(C(=O)N2CCN(C=O)CC2)cc1)S(C)(=O)=O. The van der Waals surface area contributed by atoms with E-state index in [1.165, 1.54) is 4.31 Å². The largest absolute Gasteiger partial charge is 0.342 e. The van der Waals surface area contributed by atoms with Gasteiger partial charge in [0.1, 0.15) is 0 Å². The van der Waals surface area contributed by atoms with Gasteiger partial charge in [0.05, 0.1) is 11.9 Å². The predicted molar refractivity (Wildman–Crippen MR) is 87.8 cm³/mol. The van der Waals surface area contributed by atoms with Crippen molar-refractivity contribution in [2.45, 2.75) is 6.92 Å². The Kier molecular flexibility index (Phi) is 5.25. The van der Waals surface area contributed by atoms with Gasteiger partial charge in [-0.2, -0.15) is 0 Å². The van der Waals surface area contributed by atoms with Crippen molar-refractivity contribution in [3.05, 3.63) is 29.8 Å². The molecule has 23 heavy (non-hydrogen) atoms. The summed E-state index contributed by atoms with van der Waals surface area (Å²) in [7, 11) is -3.33. The summed E-state index contributed by atoms with van der Waals surface area (Å²) in [5.41, 5.74) is 1.05. The van der Waals surface area contributed by atoms with Crippen LogP contribution in [0.4, 0.5) is 5.69 Å². The molecule has 1 aliphatic heterocycles. The highest BCUT2D eigenvalue weighted by atomic mass is 32.2. The van der Waals surface area contributed by atoms with Crippen LogP contribution in [0.1, 0.15) is 17.3 Å². The lowest BCUT2D eigenvalue weighted by molar-refractivity contribution is -0.119. The molecule has 1 saturated heterocycles. The van der Waals surface area contributed by atoms with E-state index in [4.69, 9.17) is 0 Å². The Morgan fingerprint density at radius 3 is 2.17 bits per heavy atom. The Morgan fingerprint density at radius 2 is 1.74 bits per heavy atom. The molecule has 0 saturated carbocycles. The molecule has 2 amide bonds. The first-order chi connectivity index (χ1) is 10.9. The van der Waals surface area contributed by atoms with Gasteiger partial charge in [-0.05, 0) is 31.2 Å². The standard InChI is InChI=1S/C15H21N3O4S/c1-3-18(23(2,21)22)14-6-4-13(5-7-14)15(20)17-10-8-16(12-19)9-11-17/h4-7,12H,3,8-11H2,1-2H3. The van der Waals surface area contributed by atoms with E-state index >= 15 is 0 Å². The normalized spacial score (nSPS) is 15.4. The highest BCUT2D eigenvalue weighted by molar-refractivity contribution is 7.92. The maximum atomic E-state index is 12.4. The fourth-order valence-corrected chi connectivity index (χ4v) is 3.57. The Balaban J connectivity index is 2.10. The zero-order valence-electron chi connectivity index (χ0n) is 13.3. The molecule has 1 aromatic carbocycles. The topological polar surface area (TPSA) is 78.0 Å². The van der Waals surface area contributed by atoms with Crippen molar-refractivity contribution in [2.24, 2.45) is 0 Å². The van der Waals surface area contributed by atoms with Gasteiger partial charge in [0, 0.05) is 38.3 Å². The molecule has 0 spiro atoms. The third-order valence-corrected chi connectivity index (χ3v) is 5.11. The second kappa shape index (κ2) is 6.99. The van der Waals surface area contributed by atoms with Gasteiger partial charge in [0.15, 0.2) is 0 Å². The van der Waals surface area contributed by atoms with E-state index in [-0.39, 0.29) is 5.91 Å². The Labute approximate surface area is 136 Å². The van der Waals surface area contributed by atoms with Crippen LogP contribution in [0.2, 0.25) is 0 Å². The number of benzene rings is 1. The third-order valence-electron chi connectivity index (χ3n) is 3.84. The fraction of sp³-hybridized carbons (Fsp3) is 0.467. The van der Waals surface area contributed by atoms with Crippen LogP contribution in [0.15, 0.2) is 24.3 Å². The van der Waals surface area contributed by atoms with E-state index in [1.807, 2.05) is 0 Å². The minimum atomic E-state index is -3.33. The number of piperazine rings is 1. The molecule has 126 valence electrons. The number of hydrogen-bond acceptors (Lipinski definition) is 4. The lowest BCUT2D eigenvalue weighted by atomic mass is 10.1. The average Bonchev–Trinajstić information content (AvgIpc) is 2.54. The van der Waals surface area contributed by atoms with E-state index < -0.39 is 10.0 Å². The number of amides is 2. The molecule has 1 aliphatic rings.